The van der Waals surface area contributed by atoms with Gasteiger partial charge in [-0.25, -0.2) is 0 Å². The summed E-state index contributed by atoms with van der Waals surface area (Å²) in [6.07, 6.45) is 7.08. The van der Waals surface area contributed by atoms with Crippen molar-refractivity contribution >= 4 is 54.4 Å². The molecule has 1 spiro atoms. The van der Waals surface area contributed by atoms with Crippen molar-refractivity contribution < 1.29 is 0 Å². The molecule has 0 radical (unpaired) electrons. The molecule has 0 aliphatic heterocycles. The van der Waals surface area contributed by atoms with Crippen molar-refractivity contribution in [2.75, 3.05) is 0 Å². The van der Waals surface area contributed by atoms with Crippen LogP contribution in [-0.4, -0.2) is 9.13 Å². The third-order valence-corrected chi connectivity index (χ3v) is 15.5. The fraction of sp³-hybridized carbons (Fsp3) is 0.179. The molecule has 4 saturated carbocycles. The highest BCUT2D eigenvalue weighted by Crippen LogP contribution is 2.70. The Bertz CT molecular complexity index is 3340. The normalized spacial score (nSPS) is 22.9. The van der Waals surface area contributed by atoms with Gasteiger partial charge in [0.25, 0.3) is 0 Å². The number of aromatic nitrogens is 2. The highest BCUT2D eigenvalue weighted by Gasteiger charge is 2.61. The van der Waals surface area contributed by atoms with Gasteiger partial charge in [-0.2, -0.15) is 0 Å². The molecule has 0 atom stereocenters. The first-order valence-electron chi connectivity index (χ1n) is 21.5. The van der Waals surface area contributed by atoms with Crippen LogP contribution < -0.4 is 0 Å². The van der Waals surface area contributed by atoms with E-state index in [1.165, 1.54) is 120 Å². The molecule has 0 unspecified atom stereocenters. The number of hydrogen-bond donors (Lipinski definition) is 0. The minimum Gasteiger partial charge on any atom is -0.309 e. The third kappa shape index (κ3) is 4.03. The summed E-state index contributed by atoms with van der Waals surface area (Å²) in [7, 11) is 0. The van der Waals surface area contributed by atoms with Gasteiger partial charge in [-0.05, 0) is 149 Å². The largest absolute Gasteiger partial charge is 0.309 e. The molecule has 276 valence electrons. The fourth-order valence-electron chi connectivity index (χ4n) is 13.5. The first-order chi connectivity index (χ1) is 28.7. The molecule has 15 rings (SSSR count). The van der Waals surface area contributed by atoms with E-state index in [0.717, 1.165) is 23.7 Å². The van der Waals surface area contributed by atoms with Gasteiger partial charge in [-0.15, -0.1) is 0 Å². The lowest BCUT2D eigenvalue weighted by atomic mass is 9.43. The summed E-state index contributed by atoms with van der Waals surface area (Å²) in [5, 5.41) is 7.69. The quantitative estimate of drug-likeness (QED) is 0.171. The van der Waals surface area contributed by atoms with E-state index in [1.807, 2.05) is 0 Å². The smallest absolute Gasteiger partial charge is 0.0543 e. The summed E-state index contributed by atoms with van der Waals surface area (Å²) in [6.45, 7) is 0. The van der Waals surface area contributed by atoms with Gasteiger partial charge in [0, 0.05) is 38.2 Å². The lowest BCUT2D eigenvalue weighted by Crippen LogP contribution is -2.55. The monoisotopic (exact) mass is 742 g/mol. The molecule has 5 aliphatic carbocycles. The van der Waals surface area contributed by atoms with E-state index in [0.29, 0.717) is 0 Å². The zero-order valence-electron chi connectivity index (χ0n) is 32.4. The maximum atomic E-state index is 2.60. The Labute approximate surface area is 338 Å². The van der Waals surface area contributed by atoms with E-state index in [1.54, 1.807) is 11.1 Å². The molecule has 2 heterocycles. The molecule has 4 bridgehead atoms. The minimum absolute atomic E-state index is 0.150. The predicted octanol–water partition coefficient (Wildman–Crippen LogP) is 14.4. The molecular formula is C56H42N2. The van der Waals surface area contributed by atoms with Gasteiger partial charge >= 0.3 is 0 Å². The van der Waals surface area contributed by atoms with Crippen LogP contribution in [0.5, 0.6) is 0 Å². The highest BCUT2D eigenvalue weighted by molar-refractivity contribution is 6.13. The topological polar surface area (TPSA) is 9.86 Å². The summed E-state index contributed by atoms with van der Waals surface area (Å²) in [6, 6.07) is 64.6. The van der Waals surface area contributed by atoms with Crippen LogP contribution in [0.4, 0.5) is 0 Å². The number of nitrogens with zero attached hydrogens (tertiary/aromatic N) is 2. The van der Waals surface area contributed by atoms with Gasteiger partial charge in [-0.3, -0.25) is 0 Å². The van der Waals surface area contributed by atoms with Crippen LogP contribution >= 0.6 is 0 Å². The second-order valence-corrected chi connectivity index (χ2v) is 18.1. The Balaban J connectivity index is 0.952. The van der Waals surface area contributed by atoms with Crippen LogP contribution in [0.3, 0.4) is 0 Å². The lowest BCUT2D eigenvalue weighted by molar-refractivity contribution is -0.0399. The predicted molar refractivity (Wildman–Crippen MR) is 241 cm³/mol. The number of rotatable bonds is 3. The molecule has 0 saturated heterocycles. The van der Waals surface area contributed by atoms with Crippen molar-refractivity contribution in [3.05, 3.63) is 181 Å². The molecule has 10 aromatic rings. The Morgan fingerprint density at radius 1 is 0.397 bits per heavy atom. The van der Waals surface area contributed by atoms with Crippen LogP contribution in [-0.2, 0) is 5.41 Å². The fourth-order valence-corrected chi connectivity index (χ4v) is 13.5. The molecule has 4 fully saturated rings. The van der Waals surface area contributed by atoms with Gasteiger partial charge in [0.15, 0.2) is 0 Å². The van der Waals surface area contributed by atoms with Crippen molar-refractivity contribution in [1.29, 1.82) is 0 Å². The van der Waals surface area contributed by atoms with Crippen LogP contribution in [0.1, 0.15) is 43.2 Å². The molecule has 5 aliphatic rings. The molecule has 2 aromatic heterocycles. The third-order valence-electron chi connectivity index (χ3n) is 15.5. The SMILES string of the molecule is c1ccc2c(c1)-c1c(-n3c4ccccc4c4cc(-c5ccc6c(c5)c5ccccc5n6-c5ccc6ccccc6c5)ccc43)cccc1C21C2CC3CC(C2)CC1C3. The standard InChI is InChI=1S/C56H42N2/c1-2-11-37-31-42(23-20-36(37)10-1)57-50-17-7-4-12-43(50)46-32-38(21-24-52(46)57)39-22-25-53-47(33-39)44-13-5-8-18-51(44)58(53)54-19-9-16-49-55(54)45-14-3-6-15-48(45)56(49)40-27-34-26-35(29-40)30-41(56)28-34/h1-25,31-35,40-41H,26-30H2. The van der Waals surface area contributed by atoms with Crippen molar-refractivity contribution in [3.8, 4) is 33.6 Å². The van der Waals surface area contributed by atoms with Gasteiger partial charge in [0.05, 0.1) is 27.8 Å². The van der Waals surface area contributed by atoms with E-state index in [9.17, 15) is 0 Å². The Hall–Kier alpha value is -6.38. The number of benzene rings is 8. The average Bonchev–Trinajstić information content (AvgIpc) is 3.89. The first kappa shape index (κ1) is 31.7. The zero-order chi connectivity index (χ0) is 37.7. The Morgan fingerprint density at radius 2 is 0.966 bits per heavy atom. The van der Waals surface area contributed by atoms with E-state index in [-0.39, 0.29) is 5.41 Å². The van der Waals surface area contributed by atoms with Crippen LogP contribution in [0.15, 0.2) is 170 Å². The molecule has 0 amide bonds. The first-order valence-corrected chi connectivity index (χ1v) is 21.5. The molecule has 2 heteroatoms. The van der Waals surface area contributed by atoms with Crippen molar-refractivity contribution in [2.24, 2.45) is 23.7 Å². The van der Waals surface area contributed by atoms with E-state index < -0.39 is 0 Å². The van der Waals surface area contributed by atoms with Gasteiger partial charge in [0.2, 0.25) is 0 Å². The number of para-hydroxylation sites is 2. The molecule has 58 heavy (non-hydrogen) atoms. The van der Waals surface area contributed by atoms with Crippen LogP contribution in [0.25, 0.3) is 88.0 Å². The Kier molecular flexibility index (Phi) is 6.22. The molecular weight excluding hydrogens is 701 g/mol. The van der Waals surface area contributed by atoms with Crippen molar-refractivity contribution in [1.82, 2.24) is 9.13 Å². The molecule has 0 N–H and O–H groups in total. The Morgan fingerprint density at radius 3 is 1.69 bits per heavy atom. The summed E-state index contributed by atoms with van der Waals surface area (Å²) in [4.78, 5) is 0. The number of fused-ring (bicyclic) bond motifs is 10. The van der Waals surface area contributed by atoms with Crippen molar-refractivity contribution in [3.63, 3.8) is 0 Å². The van der Waals surface area contributed by atoms with Crippen LogP contribution in [0, 0.1) is 23.7 Å². The van der Waals surface area contributed by atoms with Crippen LogP contribution in [0.2, 0.25) is 0 Å². The minimum atomic E-state index is 0.150. The average molecular weight is 743 g/mol. The van der Waals surface area contributed by atoms with E-state index in [2.05, 4.69) is 179 Å². The van der Waals surface area contributed by atoms with Crippen molar-refractivity contribution in [2.45, 2.75) is 37.5 Å². The summed E-state index contributed by atoms with van der Waals surface area (Å²) >= 11 is 0. The summed E-state index contributed by atoms with van der Waals surface area (Å²) in [5.41, 5.74) is 16.4. The molecule has 8 aromatic carbocycles. The number of hydrogen-bond acceptors (Lipinski definition) is 0. The maximum Gasteiger partial charge on any atom is 0.0543 e. The lowest BCUT2D eigenvalue weighted by Gasteiger charge is -2.61. The van der Waals surface area contributed by atoms with Gasteiger partial charge in [0.1, 0.15) is 0 Å². The van der Waals surface area contributed by atoms with Gasteiger partial charge in [-0.1, -0.05) is 115 Å². The van der Waals surface area contributed by atoms with E-state index >= 15 is 0 Å². The maximum absolute atomic E-state index is 2.60. The summed E-state index contributed by atoms with van der Waals surface area (Å²) < 4.78 is 5.03. The second kappa shape index (κ2) is 11.4. The second-order valence-electron chi connectivity index (χ2n) is 18.1. The zero-order valence-corrected chi connectivity index (χ0v) is 32.4. The highest BCUT2D eigenvalue weighted by atomic mass is 15.0. The molecule has 2 nitrogen and oxygen atoms in total. The van der Waals surface area contributed by atoms with Gasteiger partial charge < -0.3 is 9.13 Å². The van der Waals surface area contributed by atoms with E-state index in [4.69, 9.17) is 0 Å². The summed E-state index contributed by atoms with van der Waals surface area (Å²) in [5.74, 6) is 3.37.